The fourth-order valence-corrected chi connectivity index (χ4v) is 2.99. The molecule has 1 aromatic carbocycles. The third-order valence-electron chi connectivity index (χ3n) is 4.18. The monoisotopic (exact) mass is 298 g/mol. The lowest BCUT2D eigenvalue weighted by molar-refractivity contribution is 0.109. The SMILES string of the molecule is C=CCN(CC=C)CC(O)Cn1c(C)c(C)c2ccccc21. The maximum atomic E-state index is 10.5. The van der Waals surface area contributed by atoms with Gasteiger partial charge in [0.25, 0.3) is 0 Å². The van der Waals surface area contributed by atoms with Crippen molar-refractivity contribution in [3.8, 4) is 0 Å². The molecule has 0 bridgehead atoms. The van der Waals surface area contributed by atoms with Crippen LogP contribution >= 0.6 is 0 Å². The molecule has 22 heavy (non-hydrogen) atoms. The van der Waals surface area contributed by atoms with Gasteiger partial charge in [0.1, 0.15) is 0 Å². The molecule has 0 amide bonds. The Morgan fingerprint density at radius 3 is 2.45 bits per heavy atom. The van der Waals surface area contributed by atoms with Crippen molar-refractivity contribution in [2.45, 2.75) is 26.5 Å². The van der Waals surface area contributed by atoms with Gasteiger partial charge in [0.15, 0.2) is 0 Å². The molecule has 3 heteroatoms. The molecule has 0 aliphatic carbocycles. The molecule has 0 radical (unpaired) electrons. The summed E-state index contributed by atoms with van der Waals surface area (Å²) < 4.78 is 2.22. The zero-order chi connectivity index (χ0) is 16.1. The minimum absolute atomic E-state index is 0.422. The van der Waals surface area contributed by atoms with E-state index in [4.69, 9.17) is 0 Å². The molecule has 3 nitrogen and oxygen atoms in total. The van der Waals surface area contributed by atoms with E-state index in [1.165, 1.54) is 22.2 Å². The van der Waals surface area contributed by atoms with Gasteiger partial charge in [-0.25, -0.2) is 0 Å². The van der Waals surface area contributed by atoms with Crippen molar-refractivity contribution < 1.29 is 5.11 Å². The average Bonchev–Trinajstić information content (AvgIpc) is 2.73. The Labute approximate surface area is 133 Å². The summed E-state index contributed by atoms with van der Waals surface area (Å²) in [4.78, 5) is 2.14. The molecule has 0 aliphatic heterocycles. The van der Waals surface area contributed by atoms with E-state index in [-0.39, 0.29) is 0 Å². The van der Waals surface area contributed by atoms with Crippen LogP contribution < -0.4 is 0 Å². The number of nitrogens with zero attached hydrogens (tertiary/aromatic N) is 2. The Balaban J connectivity index is 2.18. The van der Waals surface area contributed by atoms with Gasteiger partial charge in [0, 0.05) is 36.2 Å². The Morgan fingerprint density at radius 2 is 1.82 bits per heavy atom. The van der Waals surface area contributed by atoms with E-state index in [0.29, 0.717) is 13.1 Å². The summed E-state index contributed by atoms with van der Waals surface area (Å²) in [6.07, 6.45) is 3.29. The first kappa shape index (κ1) is 16.5. The van der Waals surface area contributed by atoms with E-state index in [2.05, 4.69) is 54.7 Å². The normalized spacial score (nSPS) is 12.7. The number of fused-ring (bicyclic) bond motifs is 1. The van der Waals surface area contributed by atoms with Crippen LogP contribution in [0.1, 0.15) is 11.3 Å². The Hall–Kier alpha value is -1.84. The smallest absolute Gasteiger partial charge is 0.0846 e. The molecule has 1 unspecified atom stereocenters. The van der Waals surface area contributed by atoms with Gasteiger partial charge in [-0.1, -0.05) is 30.4 Å². The van der Waals surface area contributed by atoms with E-state index < -0.39 is 6.10 Å². The largest absolute Gasteiger partial charge is 0.390 e. The predicted octanol–water partition coefficient (Wildman–Crippen LogP) is 3.29. The maximum absolute atomic E-state index is 10.5. The van der Waals surface area contributed by atoms with Gasteiger partial charge < -0.3 is 9.67 Å². The molecule has 118 valence electrons. The van der Waals surface area contributed by atoms with Gasteiger partial charge in [-0.3, -0.25) is 4.90 Å². The van der Waals surface area contributed by atoms with Crippen LogP contribution in [0.5, 0.6) is 0 Å². The topological polar surface area (TPSA) is 28.4 Å². The van der Waals surface area contributed by atoms with Gasteiger partial charge in [0.05, 0.1) is 12.6 Å². The molecule has 0 saturated carbocycles. The number of hydrogen-bond donors (Lipinski definition) is 1. The summed E-state index contributed by atoms with van der Waals surface area (Å²) in [6, 6.07) is 8.37. The zero-order valence-corrected chi connectivity index (χ0v) is 13.6. The van der Waals surface area contributed by atoms with Crippen LogP contribution in [0.25, 0.3) is 10.9 Å². The first-order chi connectivity index (χ1) is 10.6. The van der Waals surface area contributed by atoms with Crippen molar-refractivity contribution in [2.24, 2.45) is 0 Å². The zero-order valence-electron chi connectivity index (χ0n) is 13.6. The third kappa shape index (κ3) is 3.49. The Kier molecular flexibility index (Phi) is 5.58. The number of aliphatic hydroxyl groups excluding tert-OH is 1. The lowest BCUT2D eigenvalue weighted by atomic mass is 10.2. The van der Waals surface area contributed by atoms with Gasteiger partial charge in [-0.2, -0.15) is 0 Å². The summed E-state index contributed by atoms with van der Waals surface area (Å²) in [7, 11) is 0. The standard InChI is InChI=1S/C19H26N2O/c1-5-11-20(12-6-2)13-17(22)14-21-16(4)15(3)18-9-7-8-10-19(18)21/h5-10,17,22H,1-2,11-14H2,3-4H3. The Morgan fingerprint density at radius 1 is 1.18 bits per heavy atom. The maximum Gasteiger partial charge on any atom is 0.0846 e. The van der Waals surface area contributed by atoms with Crippen LogP contribution in [0.3, 0.4) is 0 Å². The molecule has 0 aliphatic rings. The van der Waals surface area contributed by atoms with Crippen LogP contribution in [0.2, 0.25) is 0 Å². The lowest BCUT2D eigenvalue weighted by Gasteiger charge is -2.23. The highest BCUT2D eigenvalue weighted by atomic mass is 16.3. The number of para-hydroxylation sites is 1. The molecule has 0 spiro atoms. The molecular formula is C19H26N2O. The van der Waals surface area contributed by atoms with Crippen LogP contribution in [0, 0.1) is 13.8 Å². The highest BCUT2D eigenvalue weighted by Gasteiger charge is 2.15. The molecule has 2 aromatic rings. The number of aliphatic hydroxyl groups is 1. The molecule has 1 heterocycles. The number of hydrogen-bond acceptors (Lipinski definition) is 2. The fraction of sp³-hybridized carbons (Fsp3) is 0.368. The summed E-state index contributed by atoms with van der Waals surface area (Å²) >= 11 is 0. The number of rotatable bonds is 8. The minimum Gasteiger partial charge on any atom is -0.390 e. The van der Waals surface area contributed by atoms with Gasteiger partial charge >= 0.3 is 0 Å². The van der Waals surface area contributed by atoms with Crippen molar-refractivity contribution in [3.63, 3.8) is 0 Å². The molecule has 0 saturated heterocycles. The molecule has 1 N–H and O–H groups in total. The first-order valence-corrected chi connectivity index (χ1v) is 7.75. The van der Waals surface area contributed by atoms with Crippen molar-refractivity contribution in [2.75, 3.05) is 19.6 Å². The number of aromatic nitrogens is 1. The molecule has 1 aromatic heterocycles. The average molecular weight is 298 g/mol. The fourth-order valence-electron chi connectivity index (χ4n) is 2.99. The van der Waals surface area contributed by atoms with E-state index in [1.54, 1.807) is 0 Å². The van der Waals surface area contributed by atoms with E-state index in [0.717, 1.165) is 13.1 Å². The number of aryl methyl sites for hydroxylation is 1. The molecule has 1 atom stereocenters. The second-order valence-electron chi connectivity index (χ2n) is 5.79. The van der Waals surface area contributed by atoms with Gasteiger partial charge in [-0.15, -0.1) is 13.2 Å². The molecule has 2 rings (SSSR count). The van der Waals surface area contributed by atoms with E-state index in [9.17, 15) is 5.11 Å². The highest BCUT2D eigenvalue weighted by molar-refractivity contribution is 5.85. The first-order valence-electron chi connectivity index (χ1n) is 7.75. The predicted molar refractivity (Wildman–Crippen MR) is 94.3 cm³/mol. The quantitative estimate of drug-likeness (QED) is 0.758. The summed E-state index contributed by atoms with van der Waals surface area (Å²) in [6.45, 7) is 14.5. The number of benzene rings is 1. The van der Waals surface area contributed by atoms with Crippen LogP contribution in [-0.2, 0) is 6.54 Å². The van der Waals surface area contributed by atoms with Crippen molar-refractivity contribution in [1.29, 1.82) is 0 Å². The van der Waals surface area contributed by atoms with Crippen molar-refractivity contribution in [3.05, 3.63) is 60.8 Å². The van der Waals surface area contributed by atoms with Crippen molar-refractivity contribution >= 4 is 10.9 Å². The minimum atomic E-state index is -0.422. The van der Waals surface area contributed by atoms with Crippen LogP contribution in [0.15, 0.2) is 49.6 Å². The molecule has 0 fully saturated rings. The molecular weight excluding hydrogens is 272 g/mol. The van der Waals surface area contributed by atoms with Crippen molar-refractivity contribution in [1.82, 2.24) is 9.47 Å². The second-order valence-corrected chi connectivity index (χ2v) is 5.79. The summed E-state index contributed by atoms with van der Waals surface area (Å²) in [5, 5.41) is 11.8. The van der Waals surface area contributed by atoms with Crippen LogP contribution in [-0.4, -0.2) is 40.3 Å². The van der Waals surface area contributed by atoms with E-state index >= 15 is 0 Å². The summed E-state index contributed by atoms with van der Waals surface area (Å²) in [5.74, 6) is 0. The second kappa shape index (κ2) is 7.43. The highest BCUT2D eigenvalue weighted by Crippen LogP contribution is 2.25. The van der Waals surface area contributed by atoms with Crippen LogP contribution in [0.4, 0.5) is 0 Å². The van der Waals surface area contributed by atoms with E-state index in [1.807, 2.05) is 18.2 Å². The van der Waals surface area contributed by atoms with Gasteiger partial charge in [0.2, 0.25) is 0 Å². The third-order valence-corrected chi connectivity index (χ3v) is 4.18. The summed E-state index contributed by atoms with van der Waals surface area (Å²) in [5.41, 5.74) is 3.70. The lowest BCUT2D eigenvalue weighted by Crippen LogP contribution is -2.35. The van der Waals surface area contributed by atoms with Gasteiger partial charge in [-0.05, 0) is 25.5 Å². The Bertz CT molecular complexity index is 647.